The van der Waals surface area contributed by atoms with Gasteiger partial charge in [0.05, 0.1) is 6.20 Å². The van der Waals surface area contributed by atoms with Crippen molar-refractivity contribution in [2.24, 2.45) is 0 Å². The molecule has 0 atom stereocenters. The van der Waals surface area contributed by atoms with E-state index in [4.69, 9.17) is 0 Å². The van der Waals surface area contributed by atoms with Crippen LogP contribution in [0.5, 0.6) is 5.75 Å². The van der Waals surface area contributed by atoms with Gasteiger partial charge in [-0.15, -0.1) is 0 Å². The van der Waals surface area contributed by atoms with E-state index in [9.17, 15) is 13.2 Å². The highest BCUT2D eigenvalue weighted by molar-refractivity contribution is 5.46. The van der Waals surface area contributed by atoms with Crippen molar-refractivity contribution in [3.05, 3.63) is 48.8 Å². The second kappa shape index (κ2) is 6.34. The molecule has 0 saturated carbocycles. The summed E-state index contributed by atoms with van der Waals surface area (Å²) in [5, 5.41) is 7.17. The quantitative estimate of drug-likeness (QED) is 0.886. The molecule has 0 fully saturated rings. The van der Waals surface area contributed by atoms with Gasteiger partial charge < -0.3 is 10.1 Å². The molecule has 0 amide bonds. The van der Waals surface area contributed by atoms with Gasteiger partial charge in [-0.2, -0.15) is 18.3 Å². The number of alkyl halides is 3. The van der Waals surface area contributed by atoms with E-state index in [1.54, 1.807) is 29.2 Å². The molecule has 0 bridgehead atoms. The molecule has 0 aliphatic carbocycles. The van der Waals surface area contributed by atoms with E-state index < -0.39 is 12.8 Å². The Morgan fingerprint density at radius 1 is 1.29 bits per heavy atom. The number of hydrogen-bond acceptors (Lipinski definition) is 3. The Bertz CT molecular complexity index is 590. The highest BCUT2D eigenvalue weighted by Crippen LogP contribution is 2.20. The summed E-state index contributed by atoms with van der Waals surface area (Å²) in [6, 6.07) is 6.29. The highest BCUT2D eigenvalue weighted by atomic mass is 19.4. The molecule has 2 rings (SSSR count). The van der Waals surface area contributed by atoms with Crippen LogP contribution in [0, 0.1) is 0 Å². The molecule has 0 radical (unpaired) electrons. The molecule has 0 unspecified atom stereocenters. The second-order valence-corrected chi connectivity index (χ2v) is 4.29. The first-order valence-electron chi connectivity index (χ1n) is 6.15. The van der Waals surface area contributed by atoms with Crippen molar-refractivity contribution in [1.82, 2.24) is 9.78 Å². The third-order valence-electron chi connectivity index (χ3n) is 2.60. The summed E-state index contributed by atoms with van der Waals surface area (Å²) in [5.41, 5.74) is 1.74. The Balaban J connectivity index is 1.86. The van der Waals surface area contributed by atoms with Gasteiger partial charge in [0.2, 0.25) is 0 Å². The molecule has 0 saturated heterocycles. The van der Waals surface area contributed by atoms with Crippen LogP contribution in [-0.2, 0) is 6.54 Å². The van der Waals surface area contributed by atoms with Crippen LogP contribution in [0.2, 0.25) is 0 Å². The van der Waals surface area contributed by atoms with Crippen molar-refractivity contribution in [1.29, 1.82) is 0 Å². The number of halogens is 3. The maximum absolute atomic E-state index is 12.0. The zero-order valence-electron chi connectivity index (χ0n) is 11.1. The molecule has 0 aliphatic heterocycles. The number of hydrogen-bond donors (Lipinski definition) is 1. The zero-order valence-corrected chi connectivity index (χ0v) is 11.1. The molecule has 1 heterocycles. The fourth-order valence-electron chi connectivity index (χ4n) is 1.61. The Labute approximate surface area is 119 Å². The maximum Gasteiger partial charge on any atom is 0.422 e. The van der Waals surface area contributed by atoms with Gasteiger partial charge in [0.15, 0.2) is 6.61 Å². The Hall–Kier alpha value is -2.44. The average Bonchev–Trinajstić information content (AvgIpc) is 2.91. The van der Waals surface area contributed by atoms with Crippen LogP contribution in [0.25, 0.3) is 6.20 Å². The fourth-order valence-corrected chi connectivity index (χ4v) is 1.61. The first kappa shape index (κ1) is 15.0. The van der Waals surface area contributed by atoms with Gasteiger partial charge in [-0.1, -0.05) is 6.58 Å². The summed E-state index contributed by atoms with van der Waals surface area (Å²) in [5.74, 6) is 0.178. The lowest BCUT2D eigenvalue weighted by atomic mass is 10.3. The first-order chi connectivity index (χ1) is 9.96. The van der Waals surface area contributed by atoms with Gasteiger partial charge in [-0.25, -0.2) is 4.68 Å². The SMILES string of the molecule is C=Cn1cc(CNc2ccc(OCC(F)(F)F)cc2)cn1. The van der Waals surface area contributed by atoms with Crippen LogP contribution in [-0.4, -0.2) is 22.6 Å². The van der Waals surface area contributed by atoms with E-state index in [-0.39, 0.29) is 5.75 Å². The minimum absolute atomic E-state index is 0.178. The number of anilines is 1. The molecule has 1 N–H and O–H groups in total. The summed E-state index contributed by atoms with van der Waals surface area (Å²) < 4.78 is 42.2. The lowest BCUT2D eigenvalue weighted by Crippen LogP contribution is -2.19. The number of nitrogens with one attached hydrogen (secondary N) is 1. The average molecular weight is 297 g/mol. The molecule has 112 valence electrons. The van der Waals surface area contributed by atoms with Gasteiger partial charge in [0, 0.05) is 30.2 Å². The van der Waals surface area contributed by atoms with E-state index in [0.29, 0.717) is 6.54 Å². The highest BCUT2D eigenvalue weighted by Gasteiger charge is 2.28. The van der Waals surface area contributed by atoms with Crippen LogP contribution in [0.3, 0.4) is 0 Å². The topological polar surface area (TPSA) is 39.1 Å². The number of benzene rings is 1. The minimum Gasteiger partial charge on any atom is -0.484 e. The van der Waals surface area contributed by atoms with E-state index in [1.807, 2.05) is 6.20 Å². The van der Waals surface area contributed by atoms with Crippen LogP contribution in [0.1, 0.15) is 5.56 Å². The summed E-state index contributed by atoms with van der Waals surface area (Å²) in [7, 11) is 0. The molecule has 1 aromatic carbocycles. The maximum atomic E-state index is 12.0. The van der Waals surface area contributed by atoms with Gasteiger partial charge in [-0.3, -0.25) is 0 Å². The summed E-state index contributed by atoms with van der Waals surface area (Å²) in [4.78, 5) is 0. The van der Waals surface area contributed by atoms with Crippen LogP contribution >= 0.6 is 0 Å². The smallest absolute Gasteiger partial charge is 0.422 e. The third kappa shape index (κ3) is 4.87. The molecule has 0 aliphatic rings. The van der Waals surface area contributed by atoms with Crippen LogP contribution < -0.4 is 10.1 Å². The lowest BCUT2D eigenvalue weighted by Gasteiger charge is -2.10. The molecular weight excluding hydrogens is 283 g/mol. The largest absolute Gasteiger partial charge is 0.484 e. The molecule has 7 heteroatoms. The van der Waals surface area contributed by atoms with E-state index in [2.05, 4.69) is 21.7 Å². The Kier molecular flexibility index (Phi) is 4.52. The van der Waals surface area contributed by atoms with Crippen molar-refractivity contribution in [2.75, 3.05) is 11.9 Å². The fraction of sp³-hybridized carbons (Fsp3) is 0.214. The predicted octanol–water partition coefficient (Wildman–Crippen LogP) is 3.54. The summed E-state index contributed by atoms with van der Waals surface area (Å²) >= 11 is 0. The van der Waals surface area contributed by atoms with Crippen LogP contribution in [0.4, 0.5) is 18.9 Å². The van der Waals surface area contributed by atoms with Gasteiger partial charge >= 0.3 is 6.18 Å². The molecule has 21 heavy (non-hydrogen) atoms. The van der Waals surface area contributed by atoms with E-state index >= 15 is 0 Å². The normalized spacial score (nSPS) is 11.2. The van der Waals surface area contributed by atoms with E-state index in [1.165, 1.54) is 12.1 Å². The van der Waals surface area contributed by atoms with Gasteiger partial charge in [-0.05, 0) is 24.3 Å². The van der Waals surface area contributed by atoms with Crippen molar-refractivity contribution in [3.8, 4) is 5.75 Å². The number of ether oxygens (including phenoxy) is 1. The summed E-state index contributed by atoms with van der Waals surface area (Å²) in [6.45, 7) is 2.85. The standard InChI is InChI=1S/C14H14F3N3O/c1-2-20-9-11(8-19-20)7-18-12-3-5-13(6-4-12)21-10-14(15,16)17/h2-6,8-9,18H,1,7,10H2. The molecule has 4 nitrogen and oxygen atoms in total. The first-order valence-corrected chi connectivity index (χ1v) is 6.15. The Morgan fingerprint density at radius 3 is 2.57 bits per heavy atom. The van der Waals surface area contributed by atoms with Gasteiger partial charge in [0.25, 0.3) is 0 Å². The molecule has 0 spiro atoms. The molecular formula is C14H14F3N3O. The number of aromatic nitrogens is 2. The van der Waals surface area contributed by atoms with E-state index in [0.717, 1.165) is 11.3 Å². The monoisotopic (exact) mass is 297 g/mol. The zero-order chi connectivity index (χ0) is 15.3. The minimum atomic E-state index is -4.33. The molecule has 2 aromatic rings. The van der Waals surface area contributed by atoms with Crippen molar-refractivity contribution < 1.29 is 17.9 Å². The molecule has 1 aromatic heterocycles. The van der Waals surface area contributed by atoms with Crippen molar-refractivity contribution >= 4 is 11.9 Å². The van der Waals surface area contributed by atoms with Crippen LogP contribution in [0.15, 0.2) is 43.2 Å². The predicted molar refractivity (Wildman–Crippen MR) is 73.9 cm³/mol. The summed E-state index contributed by atoms with van der Waals surface area (Å²) in [6.07, 6.45) is 0.773. The third-order valence-corrected chi connectivity index (χ3v) is 2.60. The van der Waals surface area contributed by atoms with Gasteiger partial charge in [0.1, 0.15) is 5.75 Å². The van der Waals surface area contributed by atoms with Crippen molar-refractivity contribution in [3.63, 3.8) is 0 Å². The Morgan fingerprint density at radius 2 is 2.00 bits per heavy atom. The number of nitrogens with zero attached hydrogens (tertiary/aromatic N) is 2. The number of rotatable bonds is 6. The lowest BCUT2D eigenvalue weighted by molar-refractivity contribution is -0.153. The van der Waals surface area contributed by atoms with Crippen molar-refractivity contribution in [2.45, 2.75) is 12.7 Å². The second-order valence-electron chi connectivity index (χ2n) is 4.29.